The summed E-state index contributed by atoms with van der Waals surface area (Å²) in [6.07, 6.45) is 3.63. The summed E-state index contributed by atoms with van der Waals surface area (Å²) in [6.45, 7) is 4.20. The van der Waals surface area contributed by atoms with Gasteiger partial charge in [-0.2, -0.15) is 0 Å². The molecule has 0 bridgehead atoms. The van der Waals surface area contributed by atoms with Crippen LogP contribution in [0.5, 0.6) is 0 Å². The second-order valence-corrected chi connectivity index (χ2v) is 5.30. The second kappa shape index (κ2) is 7.27. The molecule has 1 heterocycles. The Labute approximate surface area is 121 Å². The minimum absolute atomic E-state index is 0.119. The van der Waals surface area contributed by atoms with Crippen LogP contribution in [0.4, 0.5) is 0 Å². The van der Waals surface area contributed by atoms with Gasteiger partial charge in [-0.15, -0.1) is 0 Å². The molecule has 2 aromatic rings. The highest BCUT2D eigenvalue weighted by atomic mass is 16.3. The average Bonchev–Trinajstić information content (AvgIpc) is 2.98. The molecule has 20 heavy (non-hydrogen) atoms. The number of furan rings is 1. The maximum Gasteiger partial charge on any atom is 0.121 e. The minimum atomic E-state index is 0.119. The third-order valence-electron chi connectivity index (χ3n) is 3.66. The molecule has 1 aromatic carbocycles. The Morgan fingerprint density at radius 2 is 1.90 bits per heavy atom. The number of nitrogens with one attached hydrogen (secondary N) is 1. The van der Waals surface area contributed by atoms with Gasteiger partial charge in [-0.25, -0.2) is 0 Å². The van der Waals surface area contributed by atoms with Crippen LogP contribution in [0.15, 0.2) is 53.1 Å². The number of benzene rings is 1. The number of hydrogen-bond donors (Lipinski definition) is 2. The molecule has 0 radical (unpaired) electrons. The predicted molar refractivity (Wildman–Crippen MR) is 82.5 cm³/mol. The Morgan fingerprint density at radius 1 is 1.15 bits per heavy atom. The summed E-state index contributed by atoms with van der Waals surface area (Å²) in [5, 5.41) is 3.64. The van der Waals surface area contributed by atoms with E-state index in [-0.39, 0.29) is 18.1 Å². The molecule has 3 N–H and O–H groups in total. The van der Waals surface area contributed by atoms with Crippen LogP contribution >= 0.6 is 0 Å². The lowest BCUT2D eigenvalue weighted by atomic mass is 10.0. The fourth-order valence-electron chi connectivity index (χ4n) is 2.48. The fourth-order valence-corrected chi connectivity index (χ4v) is 2.48. The first-order chi connectivity index (χ1) is 9.70. The molecular formula is C17H24N2O. The van der Waals surface area contributed by atoms with E-state index in [2.05, 4.69) is 36.5 Å². The Hall–Kier alpha value is -1.58. The highest BCUT2D eigenvalue weighted by molar-refractivity contribution is 5.18. The van der Waals surface area contributed by atoms with Crippen molar-refractivity contribution in [1.29, 1.82) is 0 Å². The van der Waals surface area contributed by atoms with Gasteiger partial charge in [-0.1, -0.05) is 37.3 Å². The predicted octanol–water partition coefficient (Wildman–Crippen LogP) is 3.28. The summed E-state index contributed by atoms with van der Waals surface area (Å²) in [5.41, 5.74) is 7.34. The molecule has 3 atom stereocenters. The molecule has 0 aliphatic heterocycles. The molecule has 2 rings (SSSR count). The highest BCUT2D eigenvalue weighted by Crippen LogP contribution is 2.20. The van der Waals surface area contributed by atoms with E-state index in [1.165, 1.54) is 5.56 Å². The van der Waals surface area contributed by atoms with E-state index in [9.17, 15) is 0 Å². The van der Waals surface area contributed by atoms with Crippen LogP contribution in [0, 0.1) is 0 Å². The molecule has 1 aromatic heterocycles. The molecule has 0 amide bonds. The van der Waals surface area contributed by atoms with Crippen molar-refractivity contribution in [2.45, 2.75) is 44.8 Å². The lowest BCUT2D eigenvalue weighted by Gasteiger charge is -2.26. The number of rotatable bonds is 7. The molecule has 3 heteroatoms. The van der Waals surface area contributed by atoms with Crippen LogP contribution in [0.3, 0.4) is 0 Å². The lowest BCUT2D eigenvalue weighted by molar-refractivity contribution is 0.339. The first-order valence-corrected chi connectivity index (χ1v) is 7.29. The van der Waals surface area contributed by atoms with E-state index >= 15 is 0 Å². The standard InChI is InChI=1S/C17H24N2O/c1-3-15(13(2)18)19-16(17-10-7-11-20-17)12-14-8-5-4-6-9-14/h4-11,13,15-16,19H,3,12,18H2,1-2H3. The first-order valence-electron chi connectivity index (χ1n) is 7.29. The Balaban J connectivity index is 2.13. The molecule has 3 nitrogen and oxygen atoms in total. The van der Waals surface area contributed by atoms with E-state index in [0.29, 0.717) is 0 Å². The van der Waals surface area contributed by atoms with Crippen molar-refractivity contribution in [2.24, 2.45) is 5.73 Å². The monoisotopic (exact) mass is 272 g/mol. The average molecular weight is 272 g/mol. The Kier molecular flexibility index (Phi) is 5.39. The van der Waals surface area contributed by atoms with Gasteiger partial charge >= 0.3 is 0 Å². The summed E-state index contributed by atoms with van der Waals surface area (Å²) in [7, 11) is 0. The summed E-state index contributed by atoms with van der Waals surface area (Å²) < 4.78 is 5.59. The maximum absolute atomic E-state index is 6.05. The molecule has 0 saturated heterocycles. The van der Waals surface area contributed by atoms with Gasteiger partial charge in [0.2, 0.25) is 0 Å². The van der Waals surface area contributed by atoms with Crippen LogP contribution in [-0.4, -0.2) is 12.1 Å². The second-order valence-electron chi connectivity index (χ2n) is 5.30. The van der Waals surface area contributed by atoms with E-state index in [4.69, 9.17) is 10.2 Å². The first kappa shape index (κ1) is 14.8. The fraction of sp³-hybridized carbons (Fsp3) is 0.412. The third-order valence-corrected chi connectivity index (χ3v) is 3.66. The number of nitrogens with two attached hydrogens (primary N) is 1. The van der Waals surface area contributed by atoms with E-state index < -0.39 is 0 Å². The van der Waals surface area contributed by atoms with Gasteiger partial charge in [0.15, 0.2) is 0 Å². The van der Waals surface area contributed by atoms with E-state index in [1.54, 1.807) is 6.26 Å². The zero-order valence-corrected chi connectivity index (χ0v) is 12.3. The van der Waals surface area contributed by atoms with Crippen molar-refractivity contribution in [3.63, 3.8) is 0 Å². The Morgan fingerprint density at radius 3 is 2.45 bits per heavy atom. The summed E-state index contributed by atoms with van der Waals surface area (Å²) in [6, 6.07) is 15.0. The van der Waals surface area contributed by atoms with Crippen molar-refractivity contribution in [3.05, 3.63) is 60.1 Å². The quantitative estimate of drug-likeness (QED) is 0.813. The molecule has 0 saturated carbocycles. The summed E-state index contributed by atoms with van der Waals surface area (Å²) in [5.74, 6) is 0.966. The summed E-state index contributed by atoms with van der Waals surface area (Å²) in [4.78, 5) is 0. The topological polar surface area (TPSA) is 51.2 Å². The smallest absolute Gasteiger partial charge is 0.121 e. The van der Waals surface area contributed by atoms with Crippen molar-refractivity contribution < 1.29 is 4.42 Å². The van der Waals surface area contributed by atoms with Crippen LogP contribution in [0.25, 0.3) is 0 Å². The molecule has 0 spiro atoms. The third kappa shape index (κ3) is 3.95. The normalized spacial score (nSPS) is 15.8. The van der Waals surface area contributed by atoms with Crippen molar-refractivity contribution in [3.8, 4) is 0 Å². The van der Waals surface area contributed by atoms with Crippen LogP contribution < -0.4 is 11.1 Å². The van der Waals surface area contributed by atoms with Gasteiger partial charge < -0.3 is 15.5 Å². The van der Waals surface area contributed by atoms with Gasteiger partial charge in [0.05, 0.1) is 12.3 Å². The number of hydrogen-bond acceptors (Lipinski definition) is 3. The molecule has 0 fully saturated rings. The highest BCUT2D eigenvalue weighted by Gasteiger charge is 2.20. The molecule has 0 aliphatic carbocycles. The van der Waals surface area contributed by atoms with Crippen LogP contribution in [-0.2, 0) is 6.42 Å². The Bertz CT molecular complexity index is 479. The van der Waals surface area contributed by atoms with E-state index in [1.807, 2.05) is 25.1 Å². The van der Waals surface area contributed by atoms with Gasteiger partial charge in [-0.05, 0) is 37.5 Å². The van der Waals surface area contributed by atoms with Gasteiger partial charge in [0.1, 0.15) is 5.76 Å². The zero-order chi connectivity index (χ0) is 14.4. The SMILES string of the molecule is CCC(NC(Cc1ccccc1)c1ccco1)C(C)N. The van der Waals surface area contributed by atoms with Gasteiger partial charge in [-0.3, -0.25) is 0 Å². The molecule has 108 valence electrons. The molecule has 3 unspecified atom stereocenters. The van der Waals surface area contributed by atoms with E-state index in [0.717, 1.165) is 18.6 Å². The largest absolute Gasteiger partial charge is 0.468 e. The molecular weight excluding hydrogens is 248 g/mol. The van der Waals surface area contributed by atoms with Crippen LogP contribution in [0.2, 0.25) is 0 Å². The zero-order valence-electron chi connectivity index (χ0n) is 12.3. The molecule has 0 aliphatic rings. The maximum atomic E-state index is 6.05. The lowest BCUT2D eigenvalue weighted by Crippen LogP contribution is -2.44. The van der Waals surface area contributed by atoms with Crippen molar-refractivity contribution >= 4 is 0 Å². The van der Waals surface area contributed by atoms with Gasteiger partial charge in [0.25, 0.3) is 0 Å². The van der Waals surface area contributed by atoms with Crippen LogP contribution in [0.1, 0.15) is 37.6 Å². The van der Waals surface area contributed by atoms with Gasteiger partial charge in [0, 0.05) is 12.1 Å². The van der Waals surface area contributed by atoms with Crippen molar-refractivity contribution in [2.75, 3.05) is 0 Å². The minimum Gasteiger partial charge on any atom is -0.468 e. The van der Waals surface area contributed by atoms with Crippen molar-refractivity contribution in [1.82, 2.24) is 5.32 Å². The summed E-state index contributed by atoms with van der Waals surface area (Å²) >= 11 is 0.